The molecule has 0 spiro atoms. The molecular weight excluding hydrogens is 362 g/mol. The number of nitrogens with zero attached hydrogens (tertiary/aromatic N) is 3. The van der Waals surface area contributed by atoms with E-state index in [2.05, 4.69) is 10.2 Å². The van der Waals surface area contributed by atoms with Gasteiger partial charge < -0.3 is 14.0 Å². The highest BCUT2D eigenvalue weighted by Crippen LogP contribution is 2.29. The third-order valence-corrected chi connectivity index (χ3v) is 5.28. The molecule has 0 aliphatic heterocycles. The van der Waals surface area contributed by atoms with Gasteiger partial charge in [0.1, 0.15) is 0 Å². The van der Waals surface area contributed by atoms with Crippen molar-refractivity contribution in [1.82, 2.24) is 14.8 Å². The van der Waals surface area contributed by atoms with E-state index in [1.165, 1.54) is 11.8 Å². The van der Waals surface area contributed by atoms with Crippen molar-refractivity contribution in [2.75, 3.05) is 20.0 Å². The first kappa shape index (κ1) is 19.0. The molecule has 0 bridgehead atoms. The SMILES string of the molecule is COc1ccc(C(=O)CSc2nnc(-c3ccccc3C)n2C)cc1OC. The fourth-order valence-corrected chi connectivity index (χ4v) is 3.53. The van der Waals surface area contributed by atoms with E-state index in [9.17, 15) is 4.79 Å². The number of benzene rings is 2. The van der Waals surface area contributed by atoms with Crippen molar-refractivity contribution in [2.24, 2.45) is 7.05 Å². The molecule has 1 aromatic heterocycles. The monoisotopic (exact) mass is 383 g/mol. The van der Waals surface area contributed by atoms with E-state index >= 15 is 0 Å². The van der Waals surface area contributed by atoms with Crippen LogP contribution in [0.25, 0.3) is 11.4 Å². The van der Waals surface area contributed by atoms with E-state index in [0.717, 1.165) is 17.0 Å². The maximum Gasteiger partial charge on any atom is 0.191 e. The number of carbonyl (C=O) groups is 1. The number of ether oxygens (including phenoxy) is 2. The van der Waals surface area contributed by atoms with E-state index in [1.807, 2.05) is 42.8 Å². The van der Waals surface area contributed by atoms with Crippen LogP contribution in [-0.4, -0.2) is 40.5 Å². The van der Waals surface area contributed by atoms with Crippen molar-refractivity contribution in [3.63, 3.8) is 0 Å². The first-order valence-corrected chi connectivity index (χ1v) is 9.37. The Kier molecular flexibility index (Phi) is 5.81. The van der Waals surface area contributed by atoms with Crippen molar-refractivity contribution in [3.8, 4) is 22.9 Å². The number of aryl methyl sites for hydroxylation is 1. The summed E-state index contributed by atoms with van der Waals surface area (Å²) in [5.41, 5.74) is 2.73. The average Bonchev–Trinajstić information content (AvgIpc) is 3.06. The van der Waals surface area contributed by atoms with Gasteiger partial charge in [-0.05, 0) is 30.7 Å². The second-order valence-corrected chi connectivity index (χ2v) is 6.90. The Bertz CT molecular complexity index is 969. The summed E-state index contributed by atoms with van der Waals surface area (Å²) < 4.78 is 12.4. The molecule has 0 saturated heterocycles. The largest absolute Gasteiger partial charge is 0.493 e. The summed E-state index contributed by atoms with van der Waals surface area (Å²) >= 11 is 1.36. The van der Waals surface area contributed by atoms with Crippen molar-refractivity contribution < 1.29 is 14.3 Å². The molecular formula is C20H21N3O3S. The number of carbonyl (C=O) groups excluding carboxylic acids is 1. The van der Waals surface area contributed by atoms with Crippen LogP contribution < -0.4 is 9.47 Å². The zero-order valence-electron chi connectivity index (χ0n) is 15.7. The Balaban J connectivity index is 1.74. The molecule has 27 heavy (non-hydrogen) atoms. The maximum absolute atomic E-state index is 12.6. The molecule has 1 heterocycles. The molecule has 140 valence electrons. The van der Waals surface area contributed by atoms with E-state index in [0.29, 0.717) is 22.2 Å². The van der Waals surface area contributed by atoms with Gasteiger partial charge in [0, 0.05) is 18.2 Å². The van der Waals surface area contributed by atoms with Crippen LogP contribution in [0.15, 0.2) is 47.6 Å². The van der Waals surface area contributed by atoms with Gasteiger partial charge in [-0.1, -0.05) is 36.0 Å². The van der Waals surface area contributed by atoms with Gasteiger partial charge >= 0.3 is 0 Å². The van der Waals surface area contributed by atoms with Gasteiger partial charge in [-0.15, -0.1) is 10.2 Å². The number of Topliss-reactive ketones (excluding diaryl/α,β-unsaturated/α-hetero) is 1. The van der Waals surface area contributed by atoms with Crippen LogP contribution in [0.4, 0.5) is 0 Å². The van der Waals surface area contributed by atoms with Gasteiger partial charge in [0.15, 0.2) is 28.3 Å². The molecule has 7 heteroatoms. The fraction of sp³-hybridized carbons (Fsp3) is 0.250. The Labute approximate surface area is 162 Å². The minimum Gasteiger partial charge on any atom is -0.493 e. The van der Waals surface area contributed by atoms with Crippen LogP contribution in [0.3, 0.4) is 0 Å². The second-order valence-electron chi connectivity index (χ2n) is 5.96. The van der Waals surface area contributed by atoms with Crippen molar-refractivity contribution in [1.29, 1.82) is 0 Å². The normalized spacial score (nSPS) is 10.7. The lowest BCUT2D eigenvalue weighted by molar-refractivity contribution is 0.102. The summed E-state index contributed by atoms with van der Waals surface area (Å²) in [5.74, 6) is 2.16. The summed E-state index contributed by atoms with van der Waals surface area (Å²) in [6, 6.07) is 13.2. The predicted molar refractivity (Wildman–Crippen MR) is 106 cm³/mol. The zero-order chi connectivity index (χ0) is 19.4. The molecule has 6 nitrogen and oxygen atoms in total. The molecule has 3 rings (SSSR count). The lowest BCUT2D eigenvalue weighted by Crippen LogP contribution is -2.05. The molecule has 0 aliphatic rings. The van der Waals surface area contributed by atoms with Gasteiger partial charge in [0.2, 0.25) is 0 Å². The lowest BCUT2D eigenvalue weighted by atomic mass is 10.1. The van der Waals surface area contributed by atoms with Crippen molar-refractivity contribution in [3.05, 3.63) is 53.6 Å². The van der Waals surface area contributed by atoms with Crippen LogP contribution in [0, 0.1) is 6.92 Å². The average molecular weight is 383 g/mol. The minimum atomic E-state index is -0.0126. The van der Waals surface area contributed by atoms with Crippen molar-refractivity contribution >= 4 is 17.5 Å². The number of aromatic nitrogens is 3. The first-order chi connectivity index (χ1) is 13.0. The Morgan fingerprint density at radius 3 is 2.52 bits per heavy atom. The van der Waals surface area contributed by atoms with Crippen LogP contribution in [-0.2, 0) is 7.05 Å². The third-order valence-electron chi connectivity index (χ3n) is 4.26. The third kappa shape index (κ3) is 3.98. The number of hydrogen-bond acceptors (Lipinski definition) is 6. The van der Waals surface area contributed by atoms with Crippen LogP contribution >= 0.6 is 11.8 Å². The number of thioether (sulfide) groups is 1. The molecule has 0 unspecified atom stereocenters. The fourth-order valence-electron chi connectivity index (χ4n) is 2.72. The predicted octanol–water partition coefficient (Wildman–Crippen LogP) is 3.78. The summed E-state index contributed by atoms with van der Waals surface area (Å²) in [6.07, 6.45) is 0. The molecule has 0 radical (unpaired) electrons. The number of ketones is 1. The van der Waals surface area contributed by atoms with Gasteiger partial charge in [-0.3, -0.25) is 4.79 Å². The van der Waals surface area contributed by atoms with Gasteiger partial charge in [0.05, 0.1) is 20.0 Å². The molecule has 0 fully saturated rings. The molecule has 0 amide bonds. The number of rotatable bonds is 7. The van der Waals surface area contributed by atoms with Crippen LogP contribution in [0.1, 0.15) is 15.9 Å². The summed E-state index contributed by atoms with van der Waals surface area (Å²) in [5, 5.41) is 9.23. The molecule has 3 aromatic rings. The number of hydrogen-bond donors (Lipinski definition) is 0. The second kappa shape index (κ2) is 8.26. The summed E-state index contributed by atoms with van der Waals surface area (Å²) in [7, 11) is 5.02. The van der Waals surface area contributed by atoms with E-state index in [1.54, 1.807) is 32.4 Å². The topological polar surface area (TPSA) is 66.2 Å². The van der Waals surface area contributed by atoms with Crippen LogP contribution in [0.2, 0.25) is 0 Å². The van der Waals surface area contributed by atoms with E-state index in [-0.39, 0.29) is 11.5 Å². The van der Waals surface area contributed by atoms with Gasteiger partial charge in [0.25, 0.3) is 0 Å². The maximum atomic E-state index is 12.6. The molecule has 0 aliphatic carbocycles. The van der Waals surface area contributed by atoms with Crippen molar-refractivity contribution in [2.45, 2.75) is 12.1 Å². The quantitative estimate of drug-likeness (QED) is 0.457. The van der Waals surface area contributed by atoms with E-state index < -0.39 is 0 Å². The van der Waals surface area contributed by atoms with Gasteiger partial charge in [-0.2, -0.15) is 0 Å². The highest BCUT2D eigenvalue weighted by Gasteiger charge is 2.16. The minimum absolute atomic E-state index is 0.0126. The van der Waals surface area contributed by atoms with E-state index in [4.69, 9.17) is 9.47 Å². The Morgan fingerprint density at radius 2 is 1.81 bits per heavy atom. The molecule has 0 atom stereocenters. The highest BCUT2D eigenvalue weighted by molar-refractivity contribution is 7.99. The zero-order valence-corrected chi connectivity index (χ0v) is 16.5. The van der Waals surface area contributed by atoms with Gasteiger partial charge in [-0.25, -0.2) is 0 Å². The smallest absolute Gasteiger partial charge is 0.191 e. The van der Waals surface area contributed by atoms with Crippen LogP contribution in [0.5, 0.6) is 11.5 Å². The highest BCUT2D eigenvalue weighted by atomic mass is 32.2. The molecule has 0 N–H and O–H groups in total. The Hall–Kier alpha value is -2.80. The Morgan fingerprint density at radius 1 is 1.07 bits per heavy atom. The summed E-state index contributed by atoms with van der Waals surface area (Å²) in [4.78, 5) is 12.6. The molecule has 2 aromatic carbocycles. The molecule has 0 saturated carbocycles. The number of methoxy groups -OCH3 is 2. The first-order valence-electron chi connectivity index (χ1n) is 8.38. The standard InChI is InChI=1S/C20H21N3O3S/c1-13-7-5-6-8-15(13)19-21-22-20(23(19)2)27-12-16(24)14-9-10-17(25-3)18(11-14)26-4/h5-11H,12H2,1-4H3. The lowest BCUT2D eigenvalue weighted by Gasteiger charge is -2.09. The summed E-state index contributed by atoms with van der Waals surface area (Å²) in [6.45, 7) is 2.04.